The lowest BCUT2D eigenvalue weighted by Crippen LogP contribution is -2.22. The van der Waals surface area contributed by atoms with Gasteiger partial charge in [-0.05, 0) is 51.0 Å². The molecule has 0 saturated heterocycles. The first-order valence-electron chi connectivity index (χ1n) is 8.07. The summed E-state index contributed by atoms with van der Waals surface area (Å²) in [6.07, 6.45) is 4.16. The van der Waals surface area contributed by atoms with Gasteiger partial charge in [-0.1, -0.05) is 26.7 Å². The number of hydrogen-bond acceptors (Lipinski definition) is 2. The largest absolute Gasteiger partial charge is 0.372 e. The molecule has 0 amide bonds. The second-order valence-electron chi connectivity index (χ2n) is 5.36. The number of carbonyl (C=O) groups excluding carboxylic acids is 1. The fourth-order valence-corrected chi connectivity index (χ4v) is 2.76. The monoisotopic (exact) mass is 275 g/mol. The number of hydrogen-bond donors (Lipinski definition) is 0. The number of ketones is 1. The molecule has 0 heterocycles. The van der Waals surface area contributed by atoms with E-state index in [2.05, 4.69) is 44.7 Å². The van der Waals surface area contributed by atoms with E-state index in [-0.39, 0.29) is 5.92 Å². The lowest BCUT2D eigenvalue weighted by molar-refractivity contribution is 0.0905. The van der Waals surface area contributed by atoms with Crippen LogP contribution < -0.4 is 4.90 Å². The van der Waals surface area contributed by atoms with Gasteiger partial charge in [0, 0.05) is 30.3 Å². The molecular weight excluding hydrogens is 246 g/mol. The molecule has 1 aromatic rings. The van der Waals surface area contributed by atoms with Crippen LogP contribution in [0.4, 0.5) is 5.69 Å². The highest BCUT2D eigenvalue weighted by Gasteiger charge is 2.18. The Labute approximate surface area is 124 Å². The number of anilines is 1. The Morgan fingerprint density at radius 1 is 0.950 bits per heavy atom. The van der Waals surface area contributed by atoms with Crippen molar-refractivity contribution in [1.29, 1.82) is 0 Å². The molecule has 20 heavy (non-hydrogen) atoms. The fourth-order valence-electron chi connectivity index (χ4n) is 2.76. The Kier molecular flexibility index (Phi) is 7.35. The molecule has 0 saturated carbocycles. The topological polar surface area (TPSA) is 20.3 Å². The van der Waals surface area contributed by atoms with Crippen LogP contribution in [-0.2, 0) is 0 Å². The maximum atomic E-state index is 12.5. The van der Waals surface area contributed by atoms with Crippen LogP contribution in [0.15, 0.2) is 24.3 Å². The summed E-state index contributed by atoms with van der Waals surface area (Å²) in [6.45, 7) is 10.6. The van der Waals surface area contributed by atoms with Crippen LogP contribution in [0.1, 0.15) is 63.7 Å². The van der Waals surface area contributed by atoms with Gasteiger partial charge in [0.15, 0.2) is 5.78 Å². The van der Waals surface area contributed by atoms with Crippen molar-refractivity contribution >= 4 is 11.5 Å². The van der Waals surface area contributed by atoms with Gasteiger partial charge in [0.25, 0.3) is 0 Å². The molecule has 0 unspecified atom stereocenters. The second kappa shape index (κ2) is 8.78. The summed E-state index contributed by atoms with van der Waals surface area (Å²) in [4.78, 5) is 14.8. The highest BCUT2D eigenvalue weighted by molar-refractivity contribution is 5.98. The molecule has 1 aromatic carbocycles. The van der Waals surface area contributed by atoms with Crippen molar-refractivity contribution in [2.75, 3.05) is 18.0 Å². The van der Waals surface area contributed by atoms with E-state index >= 15 is 0 Å². The van der Waals surface area contributed by atoms with Crippen LogP contribution in [0.3, 0.4) is 0 Å². The van der Waals surface area contributed by atoms with Crippen molar-refractivity contribution in [2.45, 2.75) is 53.4 Å². The molecule has 0 radical (unpaired) electrons. The first-order chi connectivity index (χ1) is 9.67. The van der Waals surface area contributed by atoms with E-state index < -0.39 is 0 Å². The molecule has 0 aromatic heterocycles. The number of Topliss-reactive ketones (excluding diaryl/α,β-unsaturated/α-hetero) is 1. The molecule has 112 valence electrons. The Morgan fingerprint density at radius 3 is 1.85 bits per heavy atom. The third-order valence-electron chi connectivity index (χ3n) is 3.93. The zero-order chi connectivity index (χ0) is 15.0. The van der Waals surface area contributed by atoms with E-state index in [0.717, 1.165) is 44.3 Å². The van der Waals surface area contributed by atoms with Crippen molar-refractivity contribution in [3.63, 3.8) is 0 Å². The standard InChI is InChI=1S/C18H29NO/c1-5-9-15(10-6-2)18(20)16-11-13-17(14-12-16)19(7-3)8-4/h11-15H,5-10H2,1-4H3. The zero-order valence-electron chi connectivity index (χ0n) is 13.5. The maximum Gasteiger partial charge on any atom is 0.165 e. The fraction of sp³-hybridized carbons (Fsp3) is 0.611. The summed E-state index contributed by atoms with van der Waals surface area (Å²) in [5.74, 6) is 0.518. The van der Waals surface area contributed by atoms with Crippen molar-refractivity contribution in [2.24, 2.45) is 5.92 Å². The van der Waals surface area contributed by atoms with Gasteiger partial charge in [-0.15, -0.1) is 0 Å². The highest BCUT2D eigenvalue weighted by Crippen LogP contribution is 2.22. The predicted octanol–water partition coefficient (Wildman–Crippen LogP) is 4.93. The average Bonchev–Trinajstić information content (AvgIpc) is 2.48. The molecule has 2 nitrogen and oxygen atoms in total. The third-order valence-corrected chi connectivity index (χ3v) is 3.93. The zero-order valence-corrected chi connectivity index (χ0v) is 13.5. The van der Waals surface area contributed by atoms with Gasteiger partial charge in [0.1, 0.15) is 0 Å². The summed E-state index contributed by atoms with van der Waals surface area (Å²) in [5, 5.41) is 0. The van der Waals surface area contributed by atoms with Gasteiger partial charge in [-0.2, -0.15) is 0 Å². The van der Waals surface area contributed by atoms with Crippen LogP contribution >= 0.6 is 0 Å². The predicted molar refractivity (Wildman–Crippen MR) is 87.6 cm³/mol. The summed E-state index contributed by atoms with van der Waals surface area (Å²) in [7, 11) is 0. The van der Waals surface area contributed by atoms with Gasteiger partial charge in [-0.3, -0.25) is 4.79 Å². The lowest BCUT2D eigenvalue weighted by Gasteiger charge is -2.21. The molecule has 2 heteroatoms. The minimum atomic E-state index is 0.198. The smallest absolute Gasteiger partial charge is 0.165 e. The van der Waals surface area contributed by atoms with Crippen molar-refractivity contribution in [3.8, 4) is 0 Å². The van der Waals surface area contributed by atoms with Crippen LogP contribution in [0, 0.1) is 5.92 Å². The molecule has 0 aliphatic heterocycles. The summed E-state index contributed by atoms with van der Waals surface area (Å²) in [6, 6.07) is 8.15. The van der Waals surface area contributed by atoms with E-state index in [1.54, 1.807) is 0 Å². The van der Waals surface area contributed by atoms with Crippen LogP contribution in [0.5, 0.6) is 0 Å². The molecule has 0 N–H and O–H groups in total. The first-order valence-corrected chi connectivity index (χ1v) is 8.07. The molecule has 0 fully saturated rings. The van der Waals surface area contributed by atoms with Gasteiger partial charge < -0.3 is 4.90 Å². The lowest BCUT2D eigenvalue weighted by atomic mass is 9.90. The Hall–Kier alpha value is -1.31. The SMILES string of the molecule is CCCC(CCC)C(=O)c1ccc(N(CC)CC)cc1. The van der Waals surface area contributed by atoms with Crippen LogP contribution in [-0.4, -0.2) is 18.9 Å². The third kappa shape index (κ3) is 4.36. The van der Waals surface area contributed by atoms with Crippen LogP contribution in [0.2, 0.25) is 0 Å². The normalized spacial score (nSPS) is 10.8. The van der Waals surface area contributed by atoms with E-state index in [9.17, 15) is 4.79 Å². The van der Waals surface area contributed by atoms with Gasteiger partial charge in [0.05, 0.1) is 0 Å². The van der Waals surface area contributed by atoms with Gasteiger partial charge in [-0.25, -0.2) is 0 Å². The minimum absolute atomic E-state index is 0.198. The Bertz CT molecular complexity index is 386. The number of nitrogens with zero attached hydrogens (tertiary/aromatic N) is 1. The summed E-state index contributed by atoms with van der Waals surface area (Å²) >= 11 is 0. The molecule has 0 aliphatic rings. The van der Waals surface area contributed by atoms with Gasteiger partial charge >= 0.3 is 0 Å². The van der Waals surface area contributed by atoms with Crippen molar-refractivity contribution in [3.05, 3.63) is 29.8 Å². The summed E-state index contributed by atoms with van der Waals surface area (Å²) in [5.41, 5.74) is 2.07. The quantitative estimate of drug-likeness (QED) is 0.595. The minimum Gasteiger partial charge on any atom is -0.372 e. The maximum absolute atomic E-state index is 12.5. The Balaban J connectivity index is 2.83. The number of benzene rings is 1. The van der Waals surface area contributed by atoms with E-state index in [4.69, 9.17) is 0 Å². The number of carbonyl (C=O) groups is 1. The van der Waals surface area contributed by atoms with Crippen LogP contribution in [0.25, 0.3) is 0 Å². The Morgan fingerprint density at radius 2 is 1.45 bits per heavy atom. The average molecular weight is 275 g/mol. The molecular formula is C18H29NO. The first kappa shape index (κ1) is 16.7. The van der Waals surface area contributed by atoms with E-state index in [1.165, 1.54) is 5.69 Å². The molecule has 0 bridgehead atoms. The number of rotatable bonds is 9. The van der Waals surface area contributed by atoms with Crippen molar-refractivity contribution in [1.82, 2.24) is 0 Å². The van der Waals surface area contributed by atoms with E-state index in [0.29, 0.717) is 5.78 Å². The molecule has 0 aliphatic carbocycles. The summed E-state index contributed by atoms with van der Waals surface area (Å²) < 4.78 is 0. The van der Waals surface area contributed by atoms with Gasteiger partial charge in [0.2, 0.25) is 0 Å². The van der Waals surface area contributed by atoms with E-state index in [1.807, 2.05) is 12.1 Å². The van der Waals surface area contributed by atoms with Crippen molar-refractivity contribution < 1.29 is 4.79 Å². The second-order valence-corrected chi connectivity index (χ2v) is 5.36. The molecule has 1 rings (SSSR count). The molecule has 0 atom stereocenters. The molecule has 0 spiro atoms. The highest BCUT2D eigenvalue weighted by atomic mass is 16.1.